The number of nitrogens with one attached hydrogen (secondary N) is 1. The van der Waals surface area contributed by atoms with E-state index in [1.165, 1.54) is 16.7 Å². The summed E-state index contributed by atoms with van der Waals surface area (Å²) in [6.07, 6.45) is 1.98. The molecule has 0 saturated heterocycles. The number of rotatable bonds is 8. The van der Waals surface area contributed by atoms with Crippen LogP contribution in [0, 0.1) is 0 Å². The smallest absolute Gasteiger partial charge is 0.0590 e. The van der Waals surface area contributed by atoms with Crippen molar-refractivity contribution in [3.63, 3.8) is 0 Å². The normalized spacial score (nSPS) is 10.7. The molecule has 0 amide bonds. The van der Waals surface area contributed by atoms with Crippen molar-refractivity contribution < 1.29 is 4.74 Å². The Hall–Kier alpha value is -1.64. The van der Waals surface area contributed by atoms with Gasteiger partial charge < -0.3 is 10.1 Å². The summed E-state index contributed by atoms with van der Waals surface area (Å²) in [6.45, 7) is 2.48. The van der Waals surface area contributed by atoms with Crippen molar-refractivity contribution in [2.45, 2.75) is 12.8 Å². The number of ether oxygens (including phenoxy) is 1. The number of benzene rings is 2. The molecule has 0 aliphatic carbocycles. The minimum absolute atomic E-state index is 0.780. The molecule has 0 saturated carbocycles. The first-order valence-electron chi connectivity index (χ1n) is 7.22. The van der Waals surface area contributed by atoms with Crippen molar-refractivity contribution in [1.82, 2.24) is 5.32 Å². The molecule has 2 heteroatoms. The van der Waals surface area contributed by atoms with Gasteiger partial charge in [-0.1, -0.05) is 54.6 Å². The molecule has 0 heterocycles. The van der Waals surface area contributed by atoms with Crippen LogP contribution in [0.4, 0.5) is 0 Å². The second-order valence-corrected chi connectivity index (χ2v) is 4.94. The van der Waals surface area contributed by atoms with E-state index in [2.05, 4.69) is 59.9 Å². The van der Waals surface area contributed by atoms with E-state index in [9.17, 15) is 0 Å². The summed E-state index contributed by atoms with van der Waals surface area (Å²) >= 11 is 0. The molecule has 2 aromatic rings. The predicted molar refractivity (Wildman–Crippen MR) is 84.1 cm³/mol. The Morgan fingerprint density at radius 3 is 2.15 bits per heavy atom. The van der Waals surface area contributed by atoms with E-state index in [1.54, 1.807) is 0 Å². The highest BCUT2D eigenvalue weighted by atomic mass is 16.5. The van der Waals surface area contributed by atoms with Gasteiger partial charge in [0.05, 0.1) is 13.2 Å². The highest BCUT2D eigenvalue weighted by Crippen LogP contribution is 2.11. The maximum absolute atomic E-state index is 5.54. The number of hydrogen-bond acceptors (Lipinski definition) is 2. The monoisotopic (exact) mass is 269 g/mol. The van der Waals surface area contributed by atoms with Crippen LogP contribution < -0.4 is 5.32 Å². The van der Waals surface area contributed by atoms with Gasteiger partial charge in [-0.15, -0.1) is 0 Å². The van der Waals surface area contributed by atoms with E-state index in [0.29, 0.717) is 0 Å². The van der Waals surface area contributed by atoms with Crippen LogP contribution in [0.5, 0.6) is 0 Å². The van der Waals surface area contributed by atoms with Crippen molar-refractivity contribution in [1.29, 1.82) is 0 Å². The fourth-order valence-corrected chi connectivity index (χ4v) is 2.12. The van der Waals surface area contributed by atoms with Gasteiger partial charge in [0.15, 0.2) is 0 Å². The second-order valence-electron chi connectivity index (χ2n) is 4.94. The van der Waals surface area contributed by atoms with Gasteiger partial charge in [0.1, 0.15) is 0 Å². The van der Waals surface area contributed by atoms with Gasteiger partial charge in [-0.2, -0.15) is 0 Å². The van der Waals surface area contributed by atoms with Gasteiger partial charge in [0.25, 0.3) is 0 Å². The summed E-state index contributed by atoms with van der Waals surface area (Å²) in [4.78, 5) is 0. The molecule has 1 N–H and O–H groups in total. The first-order chi connectivity index (χ1) is 9.88. The largest absolute Gasteiger partial charge is 0.380 e. The maximum Gasteiger partial charge on any atom is 0.0590 e. The highest BCUT2D eigenvalue weighted by molar-refractivity contribution is 5.28. The van der Waals surface area contributed by atoms with Crippen molar-refractivity contribution in [3.8, 4) is 0 Å². The Labute approximate surface area is 121 Å². The standard InChI is InChI=1S/C18H23NO/c1-19-12-14-20-13-11-16-7-9-18(10-8-16)15-17-5-3-2-4-6-17/h2-10,19H,11-15H2,1H3. The minimum Gasteiger partial charge on any atom is -0.380 e. The average Bonchev–Trinajstić information content (AvgIpc) is 2.50. The molecule has 2 rings (SSSR count). The quantitative estimate of drug-likeness (QED) is 0.744. The molecule has 0 fully saturated rings. The first kappa shape index (κ1) is 14.8. The Kier molecular flexibility index (Phi) is 6.28. The number of hydrogen-bond donors (Lipinski definition) is 1. The van der Waals surface area contributed by atoms with Crippen molar-refractivity contribution in [2.75, 3.05) is 26.8 Å². The second kappa shape index (κ2) is 8.51. The van der Waals surface area contributed by atoms with Crippen molar-refractivity contribution >= 4 is 0 Å². The lowest BCUT2D eigenvalue weighted by Crippen LogP contribution is -2.15. The summed E-state index contributed by atoms with van der Waals surface area (Å²) in [7, 11) is 1.94. The van der Waals surface area contributed by atoms with Crippen LogP contribution in [0.3, 0.4) is 0 Å². The molecule has 0 aromatic heterocycles. The van der Waals surface area contributed by atoms with Crippen LogP contribution in [0.2, 0.25) is 0 Å². The van der Waals surface area contributed by atoms with Crippen LogP contribution in [0.15, 0.2) is 54.6 Å². The topological polar surface area (TPSA) is 21.3 Å². The van der Waals surface area contributed by atoms with Gasteiger partial charge in [-0.25, -0.2) is 0 Å². The molecule has 0 spiro atoms. The van der Waals surface area contributed by atoms with Crippen molar-refractivity contribution in [2.24, 2.45) is 0 Å². The molecule has 0 atom stereocenters. The Bertz CT molecular complexity index is 479. The molecule has 0 aliphatic heterocycles. The summed E-state index contributed by atoms with van der Waals surface area (Å²) in [5, 5.41) is 3.07. The van der Waals surface area contributed by atoms with E-state index in [-0.39, 0.29) is 0 Å². The zero-order valence-electron chi connectivity index (χ0n) is 12.1. The summed E-state index contributed by atoms with van der Waals surface area (Å²) in [5.74, 6) is 0. The molecular weight excluding hydrogens is 246 g/mol. The lowest BCUT2D eigenvalue weighted by molar-refractivity contribution is 0.140. The SMILES string of the molecule is CNCCOCCc1ccc(Cc2ccccc2)cc1. The third-order valence-electron chi connectivity index (χ3n) is 3.31. The van der Waals surface area contributed by atoms with E-state index >= 15 is 0 Å². The Balaban J connectivity index is 1.78. The van der Waals surface area contributed by atoms with Crippen LogP contribution in [-0.2, 0) is 17.6 Å². The Morgan fingerprint density at radius 2 is 1.45 bits per heavy atom. The third kappa shape index (κ3) is 5.16. The van der Waals surface area contributed by atoms with E-state index in [4.69, 9.17) is 4.74 Å². The van der Waals surface area contributed by atoms with E-state index in [0.717, 1.165) is 32.6 Å². The predicted octanol–water partition coefficient (Wildman–Crippen LogP) is 3.06. The van der Waals surface area contributed by atoms with Gasteiger partial charge >= 0.3 is 0 Å². The Morgan fingerprint density at radius 1 is 0.800 bits per heavy atom. The molecule has 0 radical (unpaired) electrons. The van der Waals surface area contributed by atoms with E-state index < -0.39 is 0 Å². The van der Waals surface area contributed by atoms with Gasteiger partial charge in [0.2, 0.25) is 0 Å². The minimum atomic E-state index is 0.780. The van der Waals surface area contributed by atoms with Gasteiger partial charge in [-0.3, -0.25) is 0 Å². The fraction of sp³-hybridized carbons (Fsp3) is 0.333. The molecule has 2 aromatic carbocycles. The molecule has 0 aliphatic rings. The fourth-order valence-electron chi connectivity index (χ4n) is 2.12. The summed E-state index contributed by atoms with van der Waals surface area (Å²) < 4.78 is 5.54. The van der Waals surface area contributed by atoms with Crippen molar-refractivity contribution in [3.05, 3.63) is 71.3 Å². The zero-order valence-corrected chi connectivity index (χ0v) is 12.1. The van der Waals surface area contributed by atoms with Crippen LogP contribution >= 0.6 is 0 Å². The first-order valence-corrected chi connectivity index (χ1v) is 7.22. The molecule has 0 bridgehead atoms. The number of likely N-dealkylation sites (N-methyl/N-ethyl adjacent to an activating group) is 1. The molecule has 2 nitrogen and oxygen atoms in total. The summed E-state index contributed by atoms with van der Waals surface area (Å²) in [6, 6.07) is 19.4. The van der Waals surface area contributed by atoms with Gasteiger partial charge in [0, 0.05) is 6.54 Å². The van der Waals surface area contributed by atoms with Crippen LogP contribution in [0.1, 0.15) is 16.7 Å². The zero-order chi connectivity index (χ0) is 14.0. The van der Waals surface area contributed by atoms with E-state index in [1.807, 2.05) is 7.05 Å². The lowest BCUT2D eigenvalue weighted by atomic mass is 10.0. The lowest BCUT2D eigenvalue weighted by Gasteiger charge is -2.06. The maximum atomic E-state index is 5.54. The molecule has 0 unspecified atom stereocenters. The van der Waals surface area contributed by atoms with Gasteiger partial charge in [-0.05, 0) is 36.6 Å². The molecule has 20 heavy (non-hydrogen) atoms. The molecular formula is C18H23NO. The summed E-state index contributed by atoms with van der Waals surface area (Å²) in [5.41, 5.74) is 4.05. The average molecular weight is 269 g/mol. The molecule has 106 valence electrons. The van der Waals surface area contributed by atoms with Crippen LogP contribution in [0.25, 0.3) is 0 Å². The highest BCUT2D eigenvalue weighted by Gasteiger charge is 1.97. The third-order valence-corrected chi connectivity index (χ3v) is 3.31. The van der Waals surface area contributed by atoms with Crippen LogP contribution in [-0.4, -0.2) is 26.8 Å².